The number of benzene rings is 2. The number of piperidine rings is 1. The number of pyridine rings is 1. The molecule has 30 heavy (non-hydrogen) atoms. The van der Waals surface area contributed by atoms with Gasteiger partial charge in [0.2, 0.25) is 5.91 Å². The molecule has 2 aromatic carbocycles. The number of halogens is 1. The molecule has 1 N–H and O–H groups in total. The number of anilines is 2. The molecule has 0 aliphatic carbocycles. The van der Waals surface area contributed by atoms with Crippen LogP contribution in [-0.2, 0) is 4.79 Å². The Morgan fingerprint density at radius 2 is 1.97 bits per heavy atom. The van der Waals surface area contributed by atoms with Crippen molar-refractivity contribution in [2.24, 2.45) is 5.92 Å². The highest BCUT2D eigenvalue weighted by atomic mass is 35.5. The highest BCUT2D eigenvalue weighted by molar-refractivity contribution is 6.30. The SMILES string of the molecule is Cc1cc(N2CCC(C)CC2)nc2ccc(NC(=O)/C=C/c3cccc(Cl)c3)cc12. The van der Waals surface area contributed by atoms with Crippen molar-refractivity contribution < 1.29 is 4.79 Å². The van der Waals surface area contributed by atoms with Crippen LogP contribution in [0.1, 0.15) is 30.9 Å². The molecule has 0 saturated carbocycles. The Hall–Kier alpha value is -2.85. The first kappa shape index (κ1) is 20.4. The molecule has 0 unspecified atom stereocenters. The summed E-state index contributed by atoms with van der Waals surface area (Å²) in [5.41, 5.74) is 3.76. The molecule has 1 aliphatic heterocycles. The molecule has 4 nitrogen and oxygen atoms in total. The van der Waals surface area contributed by atoms with Gasteiger partial charge in [0.1, 0.15) is 5.82 Å². The third kappa shape index (κ3) is 4.82. The van der Waals surface area contributed by atoms with Gasteiger partial charge in [0.05, 0.1) is 5.52 Å². The predicted octanol–water partition coefficient (Wildman–Crippen LogP) is 6.08. The van der Waals surface area contributed by atoms with E-state index >= 15 is 0 Å². The number of aryl methyl sites for hydroxylation is 1. The third-order valence-electron chi connectivity index (χ3n) is 5.65. The number of carbonyl (C=O) groups is 1. The van der Waals surface area contributed by atoms with Gasteiger partial charge in [-0.15, -0.1) is 0 Å². The van der Waals surface area contributed by atoms with Crippen LogP contribution in [0, 0.1) is 12.8 Å². The Kier molecular flexibility index (Phi) is 6.05. The molecule has 1 amide bonds. The number of amides is 1. The lowest BCUT2D eigenvalue weighted by molar-refractivity contribution is -0.111. The molecule has 154 valence electrons. The molecule has 1 saturated heterocycles. The summed E-state index contributed by atoms with van der Waals surface area (Å²) >= 11 is 5.98. The second-order valence-corrected chi connectivity index (χ2v) is 8.51. The van der Waals surface area contributed by atoms with Crippen molar-refractivity contribution in [2.75, 3.05) is 23.3 Å². The van der Waals surface area contributed by atoms with Crippen LogP contribution in [0.4, 0.5) is 11.5 Å². The van der Waals surface area contributed by atoms with Crippen LogP contribution in [0.5, 0.6) is 0 Å². The summed E-state index contributed by atoms with van der Waals surface area (Å²) < 4.78 is 0. The van der Waals surface area contributed by atoms with Crippen LogP contribution in [0.15, 0.2) is 54.6 Å². The van der Waals surface area contributed by atoms with E-state index in [1.165, 1.54) is 24.5 Å². The minimum absolute atomic E-state index is 0.181. The molecule has 3 aromatic rings. The molecule has 1 fully saturated rings. The minimum atomic E-state index is -0.181. The van der Waals surface area contributed by atoms with Gasteiger partial charge in [-0.3, -0.25) is 4.79 Å². The standard InChI is InChI=1S/C25H26ClN3O/c1-17-10-12-29(13-11-17)24-14-18(2)22-16-21(7-8-23(22)28-24)27-25(30)9-6-19-4-3-5-20(26)15-19/h3-9,14-17H,10-13H2,1-2H3,(H,27,30)/b9-6+. The van der Waals surface area contributed by atoms with Gasteiger partial charge in [-0.25, -0.2) is 4.98 Å². The molecule has 0 radical (unpaired) electrons. The number of nitrogens with one attached hydrogen (secondary N) is 1. The van der Waals surface area contributed by atoms with Gasteiger partial charge in [-0.1, -0.05) is 30.7 Å². The van der Waals surface area contributed by atoms with Gasteiger partial charge in [0.15, 0.2) is 0 Å². The molecule has 0 spiro atoms. The lowest BCUT2D eigenvalue weighted by Crippen LogP contribution is -2.33. The second-order valence-electron chi connectivity index (χ2n) is 8.08. The lowest BCUT2D eigenvalue weighted by atomic mass is 9.99. The number of rotatable bonds is 4. The maximum Gasteiger partial charge on any atom is 0.248 e. The first-order valence-corrected chi connectivity index (χ1v) is 10.8. The maximum absolute atomic E-state index is 12.3. The van der Waals surface area contributed by atoms with E-state index in [1.807, 2.05) is 42.5 Å². The van der Waals surface area contributed by atoms with Crippen molar-refractivity contribution in [1.82, 2.24) is 4.98 Å². The highest BCUT2D eigenvalue weighted by Gasteiger charge is 2.18. The van der Waals surface area contributed by atoms with E-state index in [9.17, 15) is 4.79 Å². The zero-order valence-corrected chi connectivity index (χ0v) is 18.1. The molecule has 0 bridgehead atoms. The molecule has 1 aromatic heterocycles. The number of nitrogens with zero attached hydrogens (tertiary/aromatic N) is 2. The van der Waals surface area contributed by atoms with Crippen molar-refractivity contribution in [1.29, 1.82) is 0 Å². The topological polar surface area (TPSA) is 45.2 Å². The number of hydrogen-bond donors (Lipinski definition) is 1. The summed E-state index contributed by atoms with van der Waals surface area (Å²) in [6.45, 7) is 6.54. The van der Waals surface area contributed by atoms with Crippen molar-refractivity contribution in [2.45, 2.75) is 26.7 Å². The molecule has 5 heteroatoms. The van der Waals surface area contributed by atoms with Gasteiger partial charge < -0.3 is 10.2 Å². The summed E-state index contributed by atoms with van der Waals surface area (Å²) in [5, 5.41) is 4.64. The summed E-state index contributed by atoms with van der Waals surface area (Å²) in [4.78, 5) is 19.6. The fraction of sp³-hybridized carbons (Fsp3) is 0.280. The minimum Gasteiger partial charge on any atom is -0.357 e. The Morgan fingerprint density at radius 3 is 2.73 bits per heavy atom. The van der Waals surface area contributed by atoms with Gasteiger partial charge in [0.25, 0.3) is 0 Å². The Bertz CT molecular complexity index is 1100. The van der Waals surface area contributed by atoms with Crippen LogP contribution < -0.4 is 10.2 Å². The van der Waals surface area contributed by atoms with Crippen LogP contribution in [0.25, 0.3) is 17.0 Å². The van der Waals surface area contributed by atoms with Crippen molar-refractivity contribution in [3.05, 3.63) is 70.8 Å². The fourth-order valence-corrected chi connectivity index (χ4v) is 4.02. The van der Waals surface area contributed by atoms with E-state index in [-0.39, 0.29) is 5.91 Å². The van der Waals surface area contributed by atoms with Crippen LogP contribution >= 0.6 is 11.6 Å². The van der Waals surface area contributed by atoms with E-state index in [0.717, 1.165) is 47.0 Å². The largest absolute Gasteiger partial charge is 0.357 e. The van der Waals surface area contributed by atoms with E-state index in [1.54, 1.807) is 6.08 Å². The van der Waals surface area contributed by atoms with Gasteiger partial charge in [0, 0.05) is 35.3 Å². The predicted molar refractivity (Wildman–Crippen MR) is 126 cm³/mol. The van der Waals surface area contributed by atoms with E-state index < -0.39 is 0 Å². The summed E-state index contributed by atoms with van der Waals surface area (Å²) in [5.74, 6) is 1.66. The average Bonchev–Trinajstić information content (AvgIpc) is 2.73. The van der Waals surface area contributed by atoms with Crippen molar-refractivity contribution >= 4 is 46.0 Å². The van der Waals surface area contributed by atoms with Crippen LogP contribution in [-0.4, -0.2) is 24.0 Å². The van der Waals surface area contributed by atoms with Crippen LogP contribution in [0.3, 0.4) is 0 Å². The summed E-state index contributed by atoms with van der Waals surface area (Å²) in [6.07, 6.45) is 5.70. The van der Waals surface area contributed by atoms with Crippen LogP contribution in [0.2, 0.25) is 5.02 Å². The second kappa shape index (κ2) is 8.88. The maximum atomic E-state index is 12.3. The Morgan fingerprint density at radius 1 is 1.17 bits per heavy atom. The van der Waals surface area contributed by atoms with E-state index in [0.29, 0.717) is 5.02 Å². The highest BCUT2D eigenvalue weighted by Crippen LogP contribution is 2.28. The van der Waals surface area contributed by atoms with Gasteiger partial charge >= 0.3 is 0 Å². The quantitative estimate of drug-likeness (QED) is 0.521. The lowest BCUT2D eigenvalue weighted by Gasteiger charge is -2.31. The fourth-order valence-electron chi connectivity index (χ4n) is 3.82. The number of carbonyl (C=O) groups excluding carboxylic acids is 1. The summed E-state index contributed by atoms with van der Waals surface area (Å²) in [6, 6.07) is 15.4. The third-order valence-corrected chi connectivity index (χ3v) is 5.89. The summed E-state index contributed by atoms with van der Waals surface area (Å²) in [7, 11) is 0. The molecule has 0 atom stereocenters. The molecular formula is C25H26ClN3O. The van der Waals surface area contributed by atoms with Gasteiger partial charge in [-0.2, -0.15) is 0 Å². The Labute approximate surface area is 182 Å². The average molecular weight is 420 g/mol. The van der Waals surface area contributed by atoms with Crippen molar-refractivity contribution in [3.63, 3.8) is 0 Å². The van der Waals surface area contributed by atoms with Crippen molar-refractivity contribution in [3.8, 4) is 0 Å². The van der Waals surface area contributed by atoms with E-state index in [2.05, 4.69) is 30.1 Å². The Balaban J connectivity index is 1.49. The number of aromatic nitrogens is 1. The number of hydrogen-bond acceptors (Lipinski definition) is 3. The first-order valence-electron chi connectivity index (χ1n) is 10.4. The molecule has 1 aliphatic rings. The number of fused-ring (bicyclic) bond motifs is 1. The van der Waals surface area contributed by atoms with E-state index in [4.69, 9.17) is 16.6 Å². The smallest absolute Gasteiger partial charge is 0.248 e. The van der Waals surface area contributed by atoms with Gasteiger partial charge in [-0.05, 0) is 79.3 Å². The molecule has 2 heterocycles. The zero-order chi connectivity index (χ0) is 21.1. The monoisotopic (exact) mass is 419 g/mol. The molecular weight excluding hydrogens is 394 g/mol. The zero-order valence-electron chi connectivity index (χ0n) is 17.4. The normalized spacial score (nSPS) is 15.1. The molecule has 4 rings (SSSR count). The first-order chi connectivity index (χ1) is 14.5.